The zero-order chi connectivity index (χ0) is 20.3. The summed E-state index contributed by atoms with van der Waals surface area (Å²) in [6.07, 6.45) is 5.49. The first-order valence-corrected chi connectivity index (χ1v) is 10.4. The third-order valence-corrected chi connectivity index (χ3v) is 5.67. The summed E-state index contributed by atoms with van der Waals surface area (Å²) < 4.78 is 5.90. The first-order valence-electron chi connectivity index (χ1n) is 10.4. The third-order valence-electron chi connectivity index (χ3n) is 5.67. The monoisotopic (exact) mass is 397 g/mol. The molecule has 0 aliphatic carbocycles. The van der Waals surface area contributed by atoms with Crippen LogP contribution >= 0.6 is 0 Å². The van der Waals surface area contributed by atoms with Gasteiger partial charge in [-0.25, -0.2) is 4.98 Å². The number of nitrogens with zero attached hydrogens (tertiary/aromatic N) is 3. The SMILES string of the molecule is O=C(c1ccc2oc(Cc3ccccc3)nc2c1)N1CCCCC1c1ccccn1. The summed E-state index contributed by atoms with van der Waals surface area (Å²) in [5.74, 6) is 0.685. The highest BCUT2D eigenvalue weighted by Gasteiger charge is 2.29. The van der Waals surface area contributed by atoms with Gasteiger partial charge in [0.2, 0.25) is 0 Å². The van der Waals surface area contributed by atoms with Gasteiger partial charge in [-0.15, -0.1) is 0 Å². The quantitative estimate of drug-likeness (QED) is 0.476. The van der Waals surface area contributed by atoms with E-state index in [-0.39, 0.29) is 11.9 Å². The van der Waals surface area contributed by atoms with E-state index in [0.29, 0.717) is 23.5 Å². The van der Waals surface area contributed by atoms with E-state index in [1.54, 1.807) is 6.20 Å². The van der Waals surface area contributed by atoms with Crippen LogP contribution in [0.25, 0.3) is 11.1 Å². The lowest BCUT2D eigenvalue weighted by Gasteiger charge is -2.35. The molecule has 5 nitrogen and oxygen atoms in total. The molecule has 150 valence electrons. The summed E-state index contributed by atoms with van der Waals surface area (Å²) in [5, 5.41) is 0. The minimum absolute atomic E-state index is 0.0223. The fourth-order valence-corrected chi connectivity index (χ4v) is 4.18. The van der Waals surface area contributed by atoms with Crippen molar-refractivity contribution in [2.75, 3.05) is 6.54 Å². The molecule has 2 aromatic heterocycles. The van der Waals surface area contributed by atoms with Gasteiger partial charge in [0, 0.05) is 24.7 Å². The van der Waals surface area contributed by atoms with Crippen molar-refractivity contribution in [3.8, 4) is 0 Å². The number of piperidine rings is 1. The van der Waals surface area contributed by atoms with Crippen molar-refractivity contribution < 1.29 is 9.21 Å². The van der Waals surface area contributed by atoms with E-state index in [9.17, 15) is 4.79 Å². The van der Waals surface area contributed by atoms with Gasteiger partial charge >= 0.3 is 0 Å². The van der Waals surface area contributed by atoms with Crippen LogP contribution in [0.2, 0.25) is 0 Å². The maximum absolute atomic E-state index is 13.4. The van der Waals surface area contributed by atoms with Crippen LogP contribution in [-0.4, -0.2) is 27.3 Å². The number of likely N-dealkylation sites (tertiary alicyclic amines) is 1. The first kappa shape index (κ1) is 18.6. The van der Waals surface area contributed by atoms with Crippen molar-refractivity contribution in [3.63, 3.8) is 0 Å². The molecule has 1 aliphatic rings. The number of carbonyl (C=O) groups excluding carboxylic acids is 1. The van der Waals surface area contributed by atoms with Crippen molar-refractivity contribution in [2.24, 2.45) is 0 Å². The highest BCUT2D eigenvalue weighted by Crippen LogP contribution is 2.31. The van der Waals surface area contributed by atoms with E-state index < -0.39 is 0 Å². The fourth-order valence-electron chi connectivity index (χ4n) is 4.18. The second-order valence-corrected chi connectivity index (χ2v) is 7.72. The number of rotatable bonds is 4. The van der Waals surface area contributed by atoms with E-state index in [0.717, 1.165) is 42.6 Å². The Morgan fingerprint density at radius 1 is 1.03 bits per heavy atom. The standard InChI is InChI=1S/C25H23N3O2/c29-25(28-15-7-5-11-22(28)20-10-4-6-14-26-20)19-12-13-23-21(17-19)27-24(30-23)16-18-8-2-1-3-9-18/h1-4,6,8-10,12-14,17,22H,5,7,11,15-16H2. The number of hydrogen-bond donors (Lipinski definition) is 0. The first-order chi connectivity index (χ1) is 14.8. The summed E-state index contributed by atoms with van der Waals surface area (Å²) >= 11 is 0. The molecule has 0 spiro atoms. The number of carbonyl (C=O) groups is 1. The van der Waals surface area contributed by atoms with Gasteiger partial charge in [0.05, 0.1) is 11.7 Å². The molecule has 4 aromatic rings. The van der Waals surface area contributed by atoms with Gasteiger partial charge in [-0.1, -0.05) is 36.4 Å². The maximum Gasteiger partial charge on any atom is 0.254 e. The Kier molecular flexibility index (Phi) is 5.01. The van der Waals surface area contributed by atoms with Crippen LogP contribution in [0, 0.1) is 0 Å². The molecule has 0 bridgehead atoms. The molecule has 30 heavy (non-hydrogen) atoms. The van der Waals surface area contributed by atoms with Crippen LogP contribution in [0.5, 0.6) is 0 Å². The van der Waals surface area contributed by atoms with Crippen molar-refractivity contribution in [1.29, 1.82) is 0 Å². The number of amides is 1. The lowest BCUT2D eigenvalue weighted by molar-refractivity contribution is 0.0606. The molecule has 0 saturated carbocycles. The molecule has 5 heteroatoms. The summed E-state index contributed by atoms with van der Waals surface area (Å²) in [6.45, 7) is 0.746. The molecule has 0 N–H and O–H groups in total. The van der Waals surface area contributed by atoms with E-state index in [1.165, 1.54) is 0 Å². The number of oxazole rings is 1. The number of benzene rings is 2. The van der Waals surface area contributed by atoms with Gasteiger partial charge in [-0.3, -0.25) is 9.78 Å². The number of fused-ring (bicyclic) bond motifs is 1. The zero-order valence-electron chi connectivity index (χ0n) is 16.7. The zero-order valence-corrected chi connectivity index (χ0v) is 16.7. The average molecular weight is 397 g/mol. The van der Waals surface area contributed by atoms with Crippen LogP contribution in [0.4, 0.5) is 0 Å². The Labute approximate surface area is 175 Å². The molecule has 1 aliphatic heterocycles. The second kappa shape index (κ2) is 8.11. The minimum atomic E-state index is 0.0223. The van der Waals surface area contributed by atoms with Crippen molar-refractivity contribution in [1.82, 2.24) is 14.9 Å². The van der Waals surface area contributed by atoms with Gasteiger partial charge in [-0.2, -0.15) is 0 Å². The number of hydrogen-bond acceptors (Lipinski definition) is 4. The molecule has 1 fully saturated rings. The summed E-state index contributed by atoms with van der Waals surface area (Å²) in [7, 11) is 0. The molecule has 1 amide bonds. The van der Waals surface area contributed by atoms with E-state index in [1.807, 2.05) is 59.5 Å². The second-order valence-electron chi connectivity index (χ2n) is 7.72. The summed E-state index contributed by atoms with van der Waals surface area (Å²) in [6, 6.07) is 21.6. The molecule has 1 saturated heterocycles. The van der Waals surface area contributed by atoms with E-state index >= 15 is 0 Å². The van der Waals surface area contributed by atoms with Crippen molar-refractivity contribution in [3.05, 3.63) is 95.6 Å². The third kappa shape index (κ3) is 3.71. The molecule has 1 atom stereocenters. The molecule has 2 aromatic carbocycles. The predicted octanol–water partition coefficient (Wildman–Crippen LogP) is 5.18. The lowest BCUT2D eigenvalue weighted by atomic mass is 9.97. The summed E-state index contributed by atoms with van der Waals surface area (Å²) in [4.78, 5) is 24.4. The number of pyridine rings is 1. The van der Waals surface area contributed by atoms with Gasteiger partial charge in [-0.05, 0) is 55.2 Å². The minimum Gasteiger partial charge on any atom is -0.440 e. The van der Waals surface area contributed by atoms with Crippen LogP contribution in [0.15, 0.2) is 77.3 Å². The van der Waals surface area contributed by atoms with Gasteiger partial charge in [0.15, 0.2) is 11.5 Å². The molecule has 0 radical (unpaired) electrons. The fraction of sp³-hybridized carbons (Fsp3) is 0.240. The molecular weight excluding hydrogens is 374 g/mol. The topological polar surface area (TPSA) is 59.2 Å². The Morgan fingerprint density at radius 2 is 1.90 bits per heavy atom. The van der Waals surface area contributed by atoms with Crippen LogP contribution in [0.1, 0.15) is 52.8 Å². The Morgan fingerprint density at radius 3 is 2.73 bits per heavy atom. The normalized spacial score (nSPS) is 16.7. The van der Waals surface area contributed by atoms with Crippen molar-refractivity contribution in [2.45, 2.75) is 31.7 Å². The highest BCUT2D eigenvalue weighted by atomic mass is 16.3. The van der Waals surface area contributed by atoms with E-state index in [4.69, 9.17) is 4.42 Å². The smallest absolute Gasteiger partial charge is 0.254 e. The molecule has 5 rings (SSSR count). The van der Waals surface area contributed by atoms with Gasteiger partial charge in [0.1, 0.15) is 5.52 Å². The number of aromatic nitrogens is 2. The lowest BCUT2D eigenvalue weighted by Crippen LogP contribution is -2.38. The van der Waals surface area contributed by atoms with Gasteiger partial charge in [0.25, 0.3) is 5.91 Å². The maximum atomic E-state index is 13.4. The Hall–Kier alpha value is -3.47. The van der Waals surface area contributed by atoms with Crippen LogP contribution in [0.3, 0.4) is 0 Å². The Balaban J connectivity index is 1.41. The predicted molar refractivity (Wildman–Crippen MR) is 115 cm³/mol. The molecular formula is C25H23N3O2. The van der Waals surface area contributed by atoms with Gasteiger partial charge < -0.3 is 9.32 Å². The molecule has 3 heterocycles. The average Bonchev–Trinajstić information content (AvgIpc) is 3.21. The van der Waals surface area contributed by atoms with Crippen LogP contribution < -0.4 is 0 Å². The Bertz CT molecular complexity index is 1150. The van der Waals surface area contributed by atoms with Crippen molar-refractivity contribution >= 4 is 17.0 Å². The van der Waals surface area contributed by atoms with Crippen LogP contribution in [-0.2, 0) is 6.42 Å². The highest BCUT2D eigenvalue weighted by molar-refractivity contribution is 5.97. The van der Waals surface area contributed by atoms with E-state index in [2.05, 4.69) is 22.1 Å². The summed E-state index contributed by atoms with van der Waals surface area (Å²) in [5.41, 5.74) is 4.17. The largest absolute Gasteiger partial charge is 0.440 e. The molecule has 1 unspecified atom stereocenters.